The third-order valence-corrected chi connectivity index (χ3v) is 9.03. The lowest BCUT2D eigenvalue weighted by Crippen LogP contribution is -2.48. The Morgan fingerprint density at radius 1 is 1.10 bits per heavy atom. The lowest BCUT2D eigenvalue weighted by atomic mass is 9.85. The van der Waals surface area contributed by atoms with Gasteiger partial charge in [-0.25, -0.2) is 13.2 Å². The number of nitrogens with one attached hydrogen (secondary N) is 1. The number of rotatable bonds is 6. The largest absolute Gasteiger partial charge is 0.444 e. The smallest absolute Gasteiger partial charge is 0.410 e. The van der Waals surface area contributed by atoms with Crippen molar-refractivity contribution in [3.63, 3.8) is 0 Å². The Hall–Kier alpha value is -2.79. The van der Waals surface area contributed by atoms with E-state index in [4.69, 9.17) is 10.1 Å². The van der Waals surface area contributed by atoms with Gasteiger partial charge in [-0.3, -0.25) is 5.41 Å². The van der Waals surface area contributed by atoms with E-state index in [2.05, 4.69) is 37.8 Å². The van der Waals surface area contributed by atoms with Gasteiger partial charge in [0.15, 0.2) is 9.84 Å². The second kappa shape index (κ2) is 11.4. The highest BCUT2D eigenvalue weighted by molar-refractivity contribution is 9.10. The van der Waals surface area contributed by atoms with Crippen molar-refractivity contribution in [2.24, 2.45) is 0 Å². The zero-order chi connectivity index (χ0) is 28.5. The number of hydrogen-bond donors (Lipinski definition) is 1. The van der Waals surface area contributed by atoms with Crippen LogP contribution in [0.5, 0.6) is 0 Å². The van der Waals surface area contributed by atoms with Gasteiger partial charge in [-0.05, 0) is 86.0 Å². The minimum Gasteiger partial charge on any atom is -0.444 e. The Kier molecular flexibility index (Phi) is 8.51. The molecule has 1 aromatic heterocycles. The molecule has 1 saturated heterocycles. The maximum Gasteiger partial charge on any atom is 0.410 e. The first-order valence-corrected chi connectivity index (χ1v) is 15.8. The van der Waals surface area contributed by atoms with E-state index in [0.29, 0.717) is 29.9 Å². The lowest BCUT2D eigenvalue weighted by molar-refractivity contribution is 0.00782. The van der Waals surface area contributed by atoms with E-state index in [1.54, 1.807) is 24.1 Å². The maximum atomic E-state index is 12.3. The quantitative estimate of drug-likeness (QED) is 0.359. The molecule has 0 bridgehead atoms. The van der Waals surface area contributed by atoms with Crippen LogP contribution in [0, 0.1) is 5.41 Å². The third kappa shape index (κ3) is 7.25. The first kappa shape index (κ1) is 29.2. The van der Waals surface area contributed by atoms with E-state index >= 15 is 0 Å². The third-order valence-electron chi connectivity index (χ3n) is 7.24. The number of nitrogens with zero attached hydrogens (tertiary/aromatic N) is 4. The molecule has 1 aliphatic carbocycles. The summed E-state index contributed by atoms with van der Waals surface area (Å²) in [5.41, 5.74) is 1.49. The van der Waals surface area contributed by atoms with Crippen LogP contribution in [0.2, 0.25) is 0 Å². The number of piperazine rings is 1. The molecule has 0 spiro atoms. The minimum atomic E-state index is -3.21. The van der Waals surface area contributed by atoms with Crippen LogP contribution in [0.3, 0.4) is 0 Å². The van der Waals surface area contributed by atoms with Crippen molar-refractivity contribution in [1.29, 1.82) is 5.41 Å². The first-order chi connectivity index (χ1) is 18.2. The molecule has 0 radical (unpaired) electrons. The predicted octanol–water partition coefficient (Wildman–Crippen LogP) is 5.04. The summed E-state index contributed by atoms with van der Waals surface area (Å²) in [6.07, 6.45) is 10.6. The summed E-state index contributed by atoms with van der Waals surface area (Å²) in [5.74, 6) is 0.462. The highest BCUT2D eigenvalue weighted by Crippen LogP contribution is 2.37. The van der Waals surface area contributed by atoms with Crippen molar-refractivity contribution < 1.29 is 17.9 Å². The summed E-state index contributed by atoms with van der Waals surface area (Å²) in [4.78, 5) is 18.6. The molecule has 1 aromatic carbocycles. The number of amides is 1. The average molecular weight is 621 g/mol. The molecule has 1 N–H and O–H groups in total. The van der Waals surface area contributed by atoms with Gasteiger partial charge in [0.2, 0.25) is 0 Å². The van der Waals surface area contributed by atoms with Crippen molar-refractivity contribution in [2.75, 3.05) is 44.4 Å². The molecule has 1 amide bonds. The Morgan fingerprint density at radius 2 is 1.72 bits per heavy atom. The van der Waals surface area contributed by atoms with E-state index in [9.17, 15) is 13.2 Å². The van der Waals surface area contributed by atoms with E-state index in [-0.39, 0.29) is 12.1 Å². The van der Waals surface area contributed by atoms with Crippen molar-refractivity contribution in [3.8, 4) is 0 Å². The topological polar surface area (TPSA) is 98.9 Å². The molecule has 39 heavy (non-hydrogen) atoms. The van der Waals surface area contributed by atoms with Crippen LogP contribution in [0.15, 0.2) is 52.1 Å². The molecule has 0 unspecified atom stereocenters. The van der Waals surface area contributed by atoms with E-state index in [0.717, 1.165) is 41.7 Å². The molecular weight excluding hydrogens is 582 g/mol. The molecule has 2 heterocycles. The highest BCUT2D eigenvalue weighted by Gasteiger charge is 2.36. The number of amidine groups is 1. The molecule has 11 heteroatoms. The van der Waals surface area contributed by atoms with Crippen LogP contribution in [-0.2, 0) is 14.6 Å². The monoisotopic (exact) mass is 619 g/mol. The minimum absolute atomic E-state index is 0.162. The lowest BCUT2D eigenvalue weighted by Gasteiger charge is -2.42. The number of carbonyl (C=O) groups is 1. The molecule has 1 saturated carbocycles. The molecular formula is C28H38BrN5O4S. The molecule has 2 aliphatic rings. The van der Waals surface area contributed by atoms with Gasteiger partial charge in [0.1, 0.15) is 11.4 Å². The summed E-state index contributed by atoms with van der Waals surface area (Å²) in [6.45, 7) is 8.57. The molecule has 212 valence electrons. The summed E-state index contributed by atoms with van der Waals surface area (Å²) in [6, 6.07) is 7.47. The molecule has 2 aromatic rings. The van der Waals surface area contributed by atoms with Crippen LogP contribution in [0.1, 0.15) is 45.2 Å². The van der Waals surface area contributed by atoms with E-state index in [1.165, 1.54) is 6.26 Å². The number of anilines is 1. The van der Waals surface area contributed by atoms with Crippen molar-refractivity contribution >= 4 is 49.5 Å². The van der Waals surface area contributed by atoms with Gasteiger partial charge in [0.25, 0.3) is 0 Å². The summed E-state index contributed by atoms with van der Waals surface area (Å²) in [5, 5.41) is 8.57. The first-order valence-electron chi connectivity index (χ1n) is 13.1. The number of carbonyl (C=O) groups excluding carboxylic acids is 1. The fraction of sp³-hybridized carbons (Fsp3) is 0.500. The van der Waals surface area contributed by atoms with Crippen molar-refractivity contribution in [2.45, 2.75) is 56.2 Å². The number of ether oxygens (including phenoxy) is 1. The van der Waals surface area contributed by atoms with Crippen LogP contribution in [-0.4, -0.2) is 85.8 Å². The number of hydrogen-bond acceptors (Lipinski definition) is 6. The molecule has 9 nitrogen and oxygen atoms in total. The standard InChI is InChI=1S/C28H38BrN5O4S/c1-28(2,3)38-27(35)31(4)22-16-23(17-22)34-18-20(25(29)19-34)6-11-26(30)33-14-12-32(13-15-33)21-7-9-24(10-8-21)39(5,36)37/h6-11,18-19,22-23,30H,12-17H2,1-5H3/b11-6-,30-26?. The van der Waals surface area contributed by atoms with Gasteiger partial charge >= 0.3 is 6.09 Å². The predicted molar refractivity (Wildman–Crippen MR) is 158 cm³/mol. The maximum absolute atomic E-state index is 12.3. The van der Waals surface area contributed by atoms with Crippen LogP contribution >= 0.6 is 15.9 Å². The van der Waals surface area contributed by atoms with Gasteiger partial charge in [-0.15, -0.1) is 0 Å². The molecule has 1 aliphatic heterocycles. The zero-order valence-corrected chi connectivity index (χ0v) is 25.6. The fourth-order valence-electron chi connectivity index (χ4n) is 4.78. The molecule has 2 fully saturated rings. The van der Waals surface area contributed by atoms with Crippen LogP contribution < -0.4 is 4.90 Å². The Balaban J connectivity index is 1.27. The average Bonchev–Trinajstić information content (AvgIpc) is 3.19. The second-order valence-corrected chi connectivity index (χ2v) is 14.2. The summed E-state index contributed by atoms with van der Waals surface area (Å²) < 4.78 is 32.0. The van der Waals surface area contributed by atoms with E-state index < -0.39 is 15.4 Å². The number of sulfone groups is 1. The summed E-state index contributed by atoms with van der Waals surface area (Å²) in [7, 11) is -1.40. The summed E-state index contributed by atoms with van der Waals surface area (Å²) >= 11 is 3.65. The number of aromatic nitrogens is 1. The number of halogens is 1. The Bertz CT molecular complexity index is 1330. The number of benzene rings is 1. The van der Waals surface area contributed by atoms with E-state index in [1.807, 2.05) is 50.0 Å². The zero-order valence-electron chi connectivity index (χ0n) is 23.2. The highest BCUT2D eigenvalue weighted by atomic mass is 79.9. The Labute approximate surface area is 240 Å². The van der Waals surface area contributed by atoms with Crippen LogP contribution in [0.4, 0.5) is 10.5 Å². The Morgan fingerprint density at radius 3 is 2.28 bits per heavy atom. The van der Waals surface area contributed by atoms with Crippen LogP contribution in [0.25, 0.3) is 6.08 Å². The second-order valence-electron chi connectivity index (χ2n) is 11.3. The SMILES string of the molecule is CN(C(=O)OC(C)(C)C)C1CC(n2cc(Br)c(/C=C\C(=N)N3CCN(c4ccc(S(C)(=O)=O)cc4)CC3)c2)C1. The van der Waals surface area contributed by atoms with Gasteiger partial charge in [-0.1, -0.05) is 0 Å². The molecule has 4 rings (SSSR count). The van der Waals surface area contributed by atoms with Crippen molar-refractivity contribution in [1.82, 2.24) is 14.4 Å². The normalized spacial score (nSPS) is 20.2. The van der Waals surface area contributed by atoms with Gasteiger partial charge < -0.3 is 24.0 Å². The fourth-order valence-corrected chi connectivity index (χ4v) is 5.89. The van der Waals surface area contributed by atoms with Gasteiger partial charge in [-0.2, -0.15) is 0 Å². The van der Waals surface area contributed by atoms with Gasteiger partial charge in [0.05, 0.1) is 4.90 Å². The van der Waals surface area contributed by atoms with Crippen molar-refractivity contribution in [3.05, 3.63) is 52.8 Å². The van der Waals surface area contributed by atoms with Gasteiger partial charge in [0, 0.05) is 79.7 Å². The molecule has 0 atom stereocenters.